The van der Waals surface area contributed by atoms with Crippen molar-refractivity contribution in [3.63, 3.8) is 0 Å². The van der Waals surface area contributed by atoms with Crippen LogP contribution in [0.2, 0.25) is 0 Å². The first kappa shape index (κ1) is 18.0. The number of piperidine rings is 1. The van der Waals surface area contributed by atoms with Gasteiger partial charge in [0.25, 0.3) is 0 Å². The van der Waals surface area contributed by atoms with Gasteiger partial charge in [0.2, 0.25) is 0 Å². The summed E-state index contributed by atoms with van der Waals surface area (Å²) >= 11 is 1.76. The molecule has 0 amide bonds. The summed E-state index contributed by atoms with van der Waals surface area (Å²) in [5, 5.41) is 8.93. The summed E-state index contributed by atoms with van der Waals surface area (Å²) in [6.07, 6.45) is 4.05. The van der Waals surface area contributed by atoms with Crippen molar-refractivity contribution >= 4 is 17.3 Å². The number of thiophene rings is 1. The number of hydrogen-bond donors (Lipinski definition) is 2. The lowest BCUT2D eigenvalue weighted by Crippen LogP contribution is -2.36. The van der Waals surface area contributed by atoms with Gasteiger partial charge in [0.05, 0.1) is 6.54 Å². The van der Waals surface area contributed by atoms with Gasteiger partial charge in [-0.15, -0.1) is 11.3 Å². The lowest BCUT2D eigenvalue weighted by atomic mass is 10.0. The fourth-order valence-electron chi connectivity index (χ4n) is 3.23. The molecule has 2 heterocycles. The highest BCUT2D eigenvalue weighted by Gasteiger charge is 2.12. The number of nitrogens with zero attached hydrogens (tertiary/aromatic N) is 2. The van der Waals surface area contributed by atoms with Gasteiger partial charge in [-0.3, -0.25) is 9.89 Å². The van der Waals surface area contributed by atoms with Crippen molar-refractivity contribution in [2.45, 2.75) is 38.9 Å². The van der Waals surface area contributed by atoms with Crippen molar-refractivity contribution in [3.8, 4) is 0 Å². The number of benzene rings is 1. The maximum absolute atomic E-state index is 4.34. The van der Waals surface area contributed by atoms with Crippen molar-refractivity contribution < 1.29 is 0 Å². The first-order valence-corrected chi connectivity index (χ1v) is 9.99. The molecule has 0 spiro atoms. The Hall–Kier alpha value is -1.85. The SMILES string of the molecule is CN=C(NCc1cccs1)NCc1ccccc1CN1CCCCC1. The predicted molar refractivity (Wildman–Crippen MR) is 107 cm³/mol. The molecule has 0 bridgehead atoms. The van der Waals surface area contributed by atoms with Gasteiger partial charge < -0.3 is 10.6 Å². The van der Waals surface area contributed by atoms with Crippen molar-refractivity contribution in [2.24, 2.45) is 4.99 Å². The number of likely N-dealkylation sites (tertiary alicyclic amines) is 1. The molecule has 1 aliphatic rings. The largest absolute Gasteiger partial charge is 0.352 e. The predicted octanol–water partition coefficient (Wildman–Crippen LogP) is 3.60. The molecule has 1 aromatic heterocycles. The quantitative estimate of drug-likeness (QED) is 0.614. The van der Waals surface area contributed by atoms with E-state index in [2.05, 4.69) is 62.3 Å². The minimum Gasteiger partial charge on any atom is -0.352 e. The molecule has 25 heavy (non-hydrogen) atoms. The van der Waals surface area contributed by atoms with Crippen LogP contribution in [-0.4, -0.2) is 31.0 Å². The van der Waals surface area contributed by atoms with Crippen molar-refractivity contribution in [1.82, 2.24) is 15.5 Å². The molecule has 1 fully saturated rings. The first-order valence-electron chi connectivity index (χ1n) is 9.11. The summed E-state index contributed by atoms with van der Waals surface area (Å²) in [7, 11) is 1.82. The number of nitrogens with one attached hydrogen (secondary N) is 2. The van der Waals surface area contributed by atoms with Crippen LogP contribution in [0.25, 0.3) is 0 Å². The highest BCUT2D eigenvalue weighted by atomic mass is 32.1. The molecule has 2 N–H and O–H groups in total. The van der Waals surface area contributed by atoms with E-state index in [0.717, 1.165) is 25.6 Å². The summed E-state index contributed by atoms with van der Waals surface area (Å²) < 4.78 is 0. The van der Waals surface area contributed by atoms with Gasteiger partial charge in [0.15, 0.2) is 5.96 Å². The Morgan fingerprint density at radius 3 is 2.48 bits per heavy atom. The van der Waals surface area contributed by atoms with Gasteiger partial charge in [0, 0.05) is 25.0 Å². The Bertz CT molecular complexity index is 660. The average Bonchev–Trinajstić information content (AvgIpc) is 3.17. The zero-order chi connectivity index (χ0) is 17.3. The fraction of sp³-hybridized carbons (Fsp3) is 0.450. The zero-order valence-electron chi connectivity index (χ0n) is 15.0. The second kappa shape index (κ2) is 9.59. The summed E-state index contributed by atoms with van der Waals surface area (Å²) in [5.74, 6) is 0.848. The van der Waals surface area contributed by atoms with Crippen LogP contribution in [0, 0.1) is 0 Å². The molecular formula is C20H28N4S. The Labute approximate surface area is 155 Å². The van der Waals surface area contributed by atoms with E-state index in [1.807, 2.05) is 7.05 Å². The minimum absolute atomic E-state index is 0.800. The van der Waals surface area contributed by atoms with Crippen molar-refractivity contribution in [2.75, 3.05) is 20.1 Å². The standard InChI is InChI=1S/C20H28N4S/c1-21-20(23-15-19-10-7-13-25-19)22-14-17-8-3-4-9-18(17)16-24-11-5-2-6-12-24/h3-4,7-10,13H,2,5-6,11-12,14-16H2,1H3,(H2,21,22,23). The van der Waals surface area contributed by atoms with Gasteiger partial charge in [-0.05, 0) is 48.5 Å². The highest BCUT2D eigenvalue weighted by molar-refractivity contribution is 7.09. The average molecular weight is 357 g/mol. The van der Waals surface area contributed by atoms with E-state index < -0.39 is 0 Å². The number of hydrogen-bond acceptors (Lipinski definition) is 3. The number of rotatable bonds is 6. The van der Waals surface area contributed by atoms with Crippen molar-refractivity contribution in [1.29, 1.82) is 0 Å². The topological polar surface area (TPSA) is 39.7 Å². The van der Waals surface area contributed by atoms with Crippen LogP contribution in [0.15, 0.2) is 46.8 Å². The van der Waals surface area contributed by atoms with Gasteiger partial charge in [-0.2, -0.15) is 0 Å². The molecule has 0 saturated carbocycles. The van der Waals surface area contributed by atoms with Gasteiger partial charge in [-0.1, -0.05) is 36.8 Å². The Balaban J connectivity index is 1.54. The van der Waals surface area contributed by atoms with Gasteiger partial charge in [0.1, 0.15) is 0 Å². The monoisotopic (exact) mass is 356 g/mol. The molecule has 0 radical (unpaired) electrons. The molecule has 4 nitrogen and oxygen atoms in total. The van der Waals surface area contributed by atoms with Crippen LogP contribution in [0.3, 0.4) is 0 Å². The first-order chi connectivity index (χ1) is 12.3. The van der Waals surface area contributed by atoms with Crippen LogP contribution >= 0.6 is 11.3 Å². The molecule has 3 rings (SSSR count). The Kier molecular flexibility index (Phi) is 6.89. The van der Waals surface area contributed by atoms with E-state index in [9.17, 15) is 0 Å². The maximum Gasteiger partial charge on any atom is 0.191 e. The molecule has 0 atom stereocenters. The molecule has 1 saturated heterocycles. The highest BCUT2D eigenvalue weighted by Crippen LogP contribution is 2.16. The van der Waals surface area contributed by atoms with E-state index in [4.69, 9.17) is 0 Å². The molecule has 1 aliphatic heterocycles. The van der Waals surface area contributed by atoms with Gasteiger partial charge >= 0.3 is 0 Å². The maximum atomic E-state index is 4.34. The Morgan fingerprint density at radius 2 is 1.76 bits per heavy atom. The summed E-state index contributed by atoms with van der Waals surface area (Å²) in [4.78, 5) is 8.23. The van der Waals surface area contributed by atoms with E-state index in [1.165, 1.54) is 48.4 Å². The van der Waals surface area contributed by atoms with E-state index in [1.54, 1.807) is 11.3 Å². The fourth-order valence-corrected chi connectivity index (χ4v) is 3.87. The molecule has 5 heteroatoms. The third-order valence-corrected chi connectivity index (χ3v) is 5.52. The normalized spacial score (nSPS) is 16.0. The summed E-state index contributed by atoms with van der Waals surface area (Å²) in [6.45, 7) is 5.12. The second-order valence-electron chi connectivity index (χ2n) is 6.46. The van der Waals surface area contributed by atoms with E-state index >= 15 is 0 Å². The molecule has 134 valence electrons. The van der Waals surface area contributed by atoms with E-state index in [-0.39, 0.29) is 0 Å². The van der Waals surface area contributed by atoms with Crippen LogP contribution in [-0.2, 0) is 19.6 Å². The van der Waals surface area contributed by atoms with Crippen LogP contribution in [0.1, 0.15) is 35.3 Å². The Morgan fingerprint density at radius 1 is 1.00 bits per heavy atom. The summed E-state index contributed by atoms with van der Waals surface area (Å²) in [6, 6.07) is 13.0. The summed E-state index contributed by atoms with van der Waals surface area (Å²) in [5.41, 5.74) is 2.78. The lowest BCUT2D eigenvalue weighted by molar-refractivity contribution is 0.220. The van der Waals surface area contributed by atoms with E-state index in [0.29, 0.717) is 0 Å². The van der Waals surface area contributed by atoms with Crippen molar-refractivity contribution in [3.05, 3.63) is 57.8 Å². The zero-order valence-corrected chi connectivity index (χ0v) is 15.8. The molecular weight excluding hydrogens is 328 g/mol. The molecule has 2 aromatic rings. The third-order valence-electron chi connectivity index (χ3n) is 4.64. The number of aliphatic imine (C=N–C) groups is 1. The lowest BCUT2D eigenvalue weighted by Gasteiger charge is -2.27. The molecule has 0 aliphatic carbocycles. The molecule has 0 unspecified atom stereocenters. The van der Waals surface area contributed by atoms with Gasteiger partial charge in [-0.25, -0.2) is 0 Å². The minimum atomic E-state index is 0.800. The van der Waals surface area contributed by atoms with Crippen LogP contribution < -0.4 is 10.6 Å². The second-order valence-corrected chi connectivity index (χ2v) is 7.50. The number of guanidine groups is 1. The third kappa shape index (κ3) is 5.58. The smallest absolute Gasteiger partial charge is 0.191 e. The van der Waals surface area contributed by atoms with Crippen LogP contribution in [0.5, 0.6) is 0 Å². The molecule has 1 aromatic carbocycles. The van der Waals surface area contributed by atoms with Crippen LogP contribution in [0.4, 0.5) is 0 Å².